The molecule has 12 heteroatoms. The first-order valence-electron chi connectivity index (χ1n) is 12.7. The number of rotatable bonds is 20. The molecule has 0 aromatic heterocycles. The van der Waals surface area contributed by atoms with Crippen molar-refractivity contribution in [2.45, 2.75) is 95.1 Å². The molecule has 0 atom stereocenters. The van der Waals surface area contributed by atoms with E-state index in [1.54, 1.807) is 0 Å². The molecule has 0 aliphatic rings. The topological polar surface area (TPSA) is 110 Å². The summed E-state index contributed by atoms with van der Waals surface area (Å²) in [6.45, 7) is 11.8. The summed E-state index contributed by atoms with van der Waals surface area (Å²) < 4.78 is 32.3. The van der Waals surface area contributed by atoms with Crippen molar-refractivity contribution in [3.63, 3.8) is 0 Å². The first kappa shape index (κ1) is 33.3. The van der Waals surface area contributed by atoms with E-state index in [9.17, 15) is 18.5 Å². The lowest BCUT2D eigenvalue weighted by Crippen LogP contribution is -2.50. The molecular weight excluding hydrogens is 501 g/mol. The van der Waals surface area contributed by atoms with E-state index in [1.165, 1.54) is 0 Å². The number of carboxylic acids is 1. The van der Waals surface area contributed by atoms with Crippen LogP contribution in [0.25, 0.3) is 0 Å². The van der Waals surface area contributed by atoms with Gasteiger partial charge in [-0.15, -0.1) is 0 Å². The summed E-state index contributed by atoms with van der Waals surface area (Å²) in [7, 11) is -3.94. The normalized spacial score (nSPS) is 12.4. The van der Waals surface area contributed by atoms with Gasteiger partial charge < -0.3 is 27.9 Å². The average molecular weight is 550 g/mol. The van der Waals surface area contributed by atoms with E-state index < -0.39 is 40.0 Å². The number of carboxylic acid groups (broad SMARTS) is 1. The standard InChI is InChI=1S/C22H48N2O6Si4/c1-8-31(28)19-34(20-32(29)9-2,30-33(5,6)7)17-13-15-23-21(25)14-11-10-12-16-24(3,4)18-22(26)27/h8-20H2,1-7H3,(H-,23,25,26,27)/p+1. The monoisotopic (exact) mass is 549 g/mol. The van der Waals surface area contributed by atoms with Crippen LogP contribution in [-0.4, -0.2) is 89.2 Å². The predicted octanol–water partition coefficient (Wildman–Crippen LogP) is 3.97. The predicted molar refractivity (Wildman–Crippen MR) is 144 cm³/mol. The van der Waals surface area contributed by atoms with Crippen LogP contribution in [0.2, 0.25) is 49.1 Å². The molecule has 0 bridgehead atoms. The third kappa shape index (κ3) is 16.9. The first-order valence-corrected chi connectivity index (χ1v) is 22.3. The third-order valence-electron chi connectivity index (χ3n) is 5.71. The summed E-state index contributed by atoms with van der Waals surface area (Å²) >= 11 is 0. The molecule has 0 heterocycles. The van der Waals surface area contributed by atoms with Crippen molar-refractivity contribution >= 4 is 45.9 Å². The maximum Gasteiger partial charge on any atom is 0.359 e. The van der Waals surface area contributed by atoms with Crippen LogP contribution in [0.15, 0.2) is 0 Å². The molecule has 34 heavy (non-hydrogen) atoms. The Bertz CT molecular complexity index is 665. The van der Waals surface area contributed by atoms with Crippen molar-refractivity contribution in [1.29, 1.82) is 0 Å². The molecule has 1 amide bonds. The molecule has 0 aromatic carbocycles. The van der Waals surface area contributed by atoms with Gasteiger partial charge in [-0.2, -0.15) is 0 Å². The van der Waals surface area contributed by atoms with E-state index in [4.69, 9.17) is 9.22 Å². The van der Waals surface area contributed by atoms with E-state index in [1.807, 2.05) is 27.9 Å². The zero-order chi connectivity index (χ0) is 26.4. The molecular formula is C22H49N2O6Si4+. The highest BCUT2D eigenvalue weighted by Gasteiger charge is 2.42. The number of unbranched alkanes of at least 4 members (excludes halogenated alkanes) is 2. The fourth-order valence-corrected chi connectivity index (χ4v) is 23.2. The van der Waals surface area contributed by atoms with Crippen LogP contribution >= 0.6 is 0 Å². The molecule has 0 aliphatic heterocycles. The van der Waals surface area contributed by atoms with Gasteiger partial charge in [0.25, 0.3) is 17.4 Å². The quantitative estimate of drug-likeness (QED) is 0.135. The maximum atomic E-state index is 12.6. The molecule has 0 radical (unpaired) electrons. The van der Waals surface area contributed by atoms with Crippen LogP contribution in [0.1, 0.15) is 46.0 Å². The number of amides is 1. The Morgan fingerprint density at radius 1 is 0.941 bits per heavy atom. The van der Waals surface area contributed by atoms with E-state index in [0.717, 1.165) is 38.3 Å². The number of carbonyl (C=O) groups is 2. The summed E-state index contributed by atoms with van der Waals surface area (Å²) in [4.78, 5) is 23.1. The number of hydrogen-bond acceptors (Lipinski definition) is 5. The van der Waals surface area contributed by atoms with Crippen LogP contribution in [0.3, 0.4) is 0 Å². The Morgan fingerprint density at radius 3 is 1.97 bits per heavy atom. The Hall–Kier alpha value is -0.672. The van der Waals surface area contributed by atoms with E-state index in [-0.39, 0.29) is 12.5 Å². The second-order valence-corrected chi connectivity index (χ2v) is 25.3. The summed E-state index contributed by atoms with van der Waals surface area (Å²) in [5, 5.41) is 11.9. The van der Waals surface area contributed by atoms with Gasteiger partial charge in [-0.1, -0.05) is 13.8 Å². The van der Waals surface area contributed by atoms with Gasteiger partial charge >= 0.3 is 5.97 Å². The molecule has 8 nitrogen and oxygen atoms in total. The van der Waals surface area contributed by atoms with Crippen LogP contribution in [0.4, 0.5) is 0 Å². The molecule has 0 saturated heterocycles. The summed E-state index contributed by atoms with van der Waals surface area (Å²) in [5.41, 5.74) is 1.22. The van der Waals surface area contributed by atoms with Gasteiger partial charge in [0.05, 0.1) is 20.6 Å². The van der Waals surface area contributed by atoms with Crippen molar-refractivity contribution in [2.75, 3.05) is 33.7 Å². The lowest BCUT2D eigenvalue weighted by molar-refractivity contribution is -0.883. The average Bonchev–Trinajstić information content (AvgIpc) is 2.68. The summed E-state index contributed by atoms with van der Waals surface area (Å²) in [6.07, 6.45) is 3.80. The zero-order valence-corrected chi connectivity index (χ0v) is 26.6. The van der Waals surface area contributed by atoms with Gasteiger partial charge in [0.15, 0.2) is 23.2 Å². The lowest BCUT2D eigenvalue weighted by Gasteiger charge is -2.37. The van der Waals surface area contributed by atoms with Crippen molar-refractivity contribution in [3.8, 4) is 0 Å². The molecule has 198 valence electrons. The molecule has 0 aliphatic carbocycles. The van der Waals surface area contributed by atoms with Crippen molar-refractivity contribution in [1.82, 2.24) is 5.32 Å². The van der Waals surface area contributed by atoms with Crippen LogP contribution < -0.4 is 5.32 Å². The van der Waals surface area contributed by atoms with Gasteiger partial charge in [-0.3, -0.25) is 4.79 Å². The summed E-state index contributed by atoms with van der Waals surface area (Å²) in [5.74, 6) is -0.766. The number of quaternary nitrogens is 1. The van der Waals surface area contributed by atoms with Crippen molar-refractivity contribution in [3.05, 3.63) is 0 Å². The van der Waals surface area contributed by atoms with Crippen molar-refractivity contribution in [2.24, 2.45) is 0 Å². The number of carbonyl (C=O) groups excluding carboxylic acids is 1. The highest BCUT2D eigenvalue weighted by atomic mass is 28.5. The molecule has 0 unspecified atom stereocenters. The minimum Gasteiger partial charge on any atom is -0.477 e. The second kappa shape index (κ2) is 16.1. The molecule has 0 aromatic rings. The Kier molecular flexibility index (Phi) is 15.8. The Labute approximate surface area is 212 Å². The van der Waals surface area contributed by atoms with Gasteiger partial charge in [0.2, 0.25) is 5.91 Å². The van der Waals surface area contributed by atoms with Crippen LogP contribution in [-0.2, 0) is 22.6 Å². The largest absolute Gasteiger partial charge is 0.477 e. The third-order valence-corrected chi connectivity index (χ3v) is 21.0. The number of nitrogens with one attached hydrogen (secondary N) is 1. The summed E-state index contributed by atoms with van der Waals surface area (Å²) in [6, 6.07) is 2.11. The minimum absolute atomic E-state index is 0.0296. The highest BCUT2D eigenvalue weighted by molar-refractivity contribution is 6.94. The van der Waals surface area contributed by atoms with E-state index >= 15 is 0 Å². The SMILES string of the molecule is CC[Si](=O)C[Si](CCCNC(=O)CCCCC[N+](C)(C)CC(=O)O)(C[Si](=O)CC)O[Si](C)(C)C. The van der Waals surface area contributed by atoms with Gasteiger partial charge in [-0.25, -0.2) is 4.79 Å². The zero-order valence-electron chi connectivity index (χ0n) is 22.6. The molecule has 2 N–H and O–H groups in total. The molecule has 0 spiro atoms. The fourth-order valence-electron chi connectivity index (χ4n) is 4.15. The Morgan fingerprint density at radius 2 is 1.50 bits per heavy atom. The number of hydrogen-bond donors (Lipinski definition) is 2. The Balaban J connectivity index is 4.64. The first-order chi connectivity index (χ1) is 15.6. The second-order valence-electron chi connectivity index (χ2n) is 11.0. The van der Waals surface area contributed by atoms with Crippen LogP contribution in [0, 0.1) is 0 Å². The smallest absolute Gasteiger partial charge is 0.359 e. The minimum atomic E-state index is -2.40. The molecule has 0 rings (SSSR count). The van der Waals surface area contributed by atoms with Gasteiger partial charge in [0, 0.05) is 24.3 Å². The van der Waals surface area contributed by atoms with Crippen LogP contribution in [0.5, 0.6) is 0 Å². The maximum absolute atomic E-state index is 12.6. The van der Waals surface area contributed by atoms with Crippen molar-refractivity contribution < 1.29 is 32.2 Å². The number of likely N-dealkylation sites (N-methyl/N-ethyl adjacent to an activating group) is 1. The highest BCUT2D eigenvalue weighted by Crippen LogP contribution is 2.29. The molecule has 0 fully saturated rings. The number of aliphatic carboxylic acids is 1. The lowest BCUT2D eigenvalue weighted by atomic mass is 10.1. The molecule has 0 saturated carbocycles. The number of nitrogens with zero attached hydrogens (tertiary/aromatic N) is 1. The van der Waals surface area contributed by atoms with Gasteiger partial charge in [-0.05, 0) is 63.5 Å². The van der Waals surface area contributed by atoms with E-state index in [0.29, 0.717) is 40.9 Å². The van der Waals surface area contributed by atoms with Gasteiger partial charge in [0.1, 0.15) is 0 Å². The fraction of sp³-hybridized carbons (Fsp3) is 0.909. The van der Waals surface area contributed by atoms with E-state index in [2.05, 4.69) is 25.0 Å².